The molecule has 168 valence electrons. The standard InChI is InChI=1S/C25H28ClN3O3/c1-16(32-3)4-11-24(30)21-9-10-23-22(17(21)2)15-29(27-23)14-18-12-28(13-18)25(31)19-5-7-20(26)8-6-19/h5-10,15-16,18H,4,11-14H2,1-3H3. The highest BCUT2D eigenvalue weighted by Crippen LogP contribution is 2.25. The maximum Gasteiger partial charge on any atom is 0.253 e. The Hall–Kier alpha value is -2.70. The van der Waals surface area contributed by atoms with Gasteiger partial charge >= 0.3 is 0 Å². The van der Waals surface area contributed by atoms with E-state index in [1.807, 2.05) is 41.8 Å². The first kappa shape index (κ1) is 22.5. The van der Waals surface area contributed by atoms with Crippen molar-refractivity contribution in [1.82, 2.24) is 14.7 Å². The van der Waals surface area contributed by atoms with Crippen LogP contribution in [0.1, 0.15) is 46.0 Å². The number of halogens is 1. The van der Waals surface area contributed by atoms with Gasteiger partial charge in [-0.05, 0) is 62.2 Å². The van der Waals surface area contributed by atoms with Crippen LogP contribution in [-0.2, 0) is 11.3 Å². The van der Waals surface area contributed by atoms with E-state index in [1.54, 1.807) is 31.4 Å². The van der Waals surface area contributed by atoms with Gasteiger partial charge in [0.1, 0.15) is 0 Å². The number of ketones is 1. The minimum Gasteiger partial charge on any atom is -0.382 e. The summed E-state index contributed by atoms with van der Waals surface area (Å²) in [6.45, 7) is 6.11. The lowest BCUT2D eigenvalue weighted by atomic mass is 9.98. The molecule has 2 heterocycles. The Morgan fingerprint density at radius 1 is 1.19 bits per heavy atom. The summed E-state index contributed by atoms with van der Waals surface area (Å²) < 4.78 is 7.19. The van der Waals surface area contributed by atoms with Crippen LogP contribution in [0.15, 0.2) is 42.6 Å². The van der Waals surface area contributed by atoms with E-state index in [4.69, 9.17) is 16.3 Å². The number of aryl methyl sites for hydroxylation is 1. The van der Waals surface area contributed by atoms with Gasteiger partial charge in [0, 0.05) is 66.8 Å². The number of Topliss-reactive ketones (excluding diaryl/α,β-unsaturated/α-hetero) is 1. The van der Waals surface area contributed by atoms with E-state index in [2.05, 4.69) is 5.10 Å². The number of carbonyl (C=O) groups excluding carboxylic acids is 2. The monoisotopic (exact) mass is 453 g/mol. The number of likely N-dealkylation sites (tertiary alicyclic amines) is 1. The fourth-order valence-corrected chi connectivity index (χ4v) is 4.28. The van der Waals surface area contributed by atoms with Crippen molar-refractivity contribution in [2.75, 3.05) is 20.2 Å². The summed E-state index contributed by atoms with van der Waals surface area (Å²) in [5, 5.41) is 6.32. The van der Waals surface area contributed by atoms with Crippen LogP contribution in [0.25, 0.3) is 10.9 Å². The molecule has 32 heavy (non-hydrogen) atoms. The van der Waals surface area contributed by atoms with Gasteiger partial charge in [0.15, 0.2) is 5.78 Å². The average Bonchev–Trinajstić information content (AvgIpc) is 3.18. The van der Waals surface area contributed by atoms with Gasteiger partial charge in [-0.2, -0.15) is 5.10 Å². The number of amides is 1. The zero-order chi connectivity index (χ0) is 22.8. The summed E-state index contributed by atoms with van der Waals surface area (Å²) in [7, 11) is 1.66. The lowest BCUT2D eigenvalue weighted by molar-refractivity contribution is 0.0462. The summed E-state index contributed by atoms with van der Waals surface area (Å²) in [4.78, 5) is 27.1. The van der Waals surface area contributed by atoms with E-state index in [9.17, 15) is 9.59 Å². The van der Waals surface area contributed by atoms with Crippen molar-refractivity contribution in [3.63, 3.8) is 0 Å². The Kier molecular flexibility index (Phi) is 6.63. The molecule has 7 heteroatoms. The van der Waals surface area contributed by atoms with Gasteiger partial charge in [-0.15, -0.1) is 0 Å². The molecule has 0 N–H and O–H groups in total. The predicted molar refractivity (Wildman–Crippen MR) is 125 cm³/mol. The number of methoxy groups -OCH3 is 1. The number of benzene rings is 2. The summed E-state index contributed by atoms with van der Waals surface area (Å²) in [6.07, 6.45) is 3.26. The van der Waals surface area contributed by atoms with Gasteiger partial charge in [-0.25, -0.2) is 0 Å². The molecule has 2 aromatic carbocycles. The van der Waals surface area contributed by atoms with Crippen molar-refractivity contribution in [2.24, 2.45) is 5.92 Å². The number of ether oxygens (including phenoxy) is 1. The van der Waals surface area contributed by atoms with Gasteiger partial charge in [-0.3, -0.25) is 14.3 Å². The normalized spacial score (nSPS) is 15.1. The molecule has 0 bridgehead atoms. The average molecular weight is 454 g/mol. The first-order chi connectivity index (χ1) is 15.4. The lowest BCUT2D eigenvalue weighted by Crippen LogP contribution is -2.51. The van der Waals surface area contributed by atoms with E-state index in [0.29, 0.717) is 42.4 Å². The van der Waals surface area contributed by atoms with Crippen LogP contribution in [0.3, 0.4) is 0 Å². The molecule has 1 aliphatic heterocycles. The molecule has 3 aromatic rings. The van der Waals surface area contributed by atoms with Gasteiger partial charge in [-0.1, -0.05) is 11.6 Å². The molecule has 1 aliphatic rings. The quantitative estimate of drug-likeness (QED) is 0.461. The van der Waals surface area contributed by atoms with E-state index >= 15 is 0 Å². The Morgan fingerprint density at radius 3 is 2.59 bits per heavy atom. The maximum absolute atomic E-state index is 12.7. The Bertz CT molecular complexity index is 1130. The van der Waals surface area contributed by atoms with E-state index in [-0.39, 0.29) is 17.8 Å². The second kappa shape index (κ2) is 9.43. The number of fused-ring (bicyclic) bond motifs is 1. The summed E-state index contributed by atoms with van der Waals surface area (Å²) in [6, 6.07) is 10.8. The molecule has 0 saturated carbocycles. The van der Waals surface area contributed by atoms with Crippen LogP contribution in [-0.4, -0.2) is 52.7 Å². The smallest absolute Gasteiger partial charge is 0.253 e. The third-order valence-electron chi connectivity index (χ3n) is 6.27. The summed E-state index contributed by atoms with van der Waals surface area (Å²) in [5.41, 5.74) is 3.27. The third-order valence-corrected chi connectivity index (χ3v) is 6.52. The van der Waals surface area contributed by atoms with E-state index < -0.39 is 0 Å². The van der Waals surface area contributed by atoms with Gasteiger partial charge < -0.3 is 9.64 Å². The van der Waals surface area contributed by atoms with Gasteiger partial charge in [0.25, 0.3) is 5.91 Å². The second-order valence-electron chi connectivity index (χ2n) is 8.61. The predicted octanol–water partition coefficient (Wildman–Crippen LogP) is 4.77. The van der Waals surface area contributed by atoms with Crippen molar-refractivity contribution in [2.45, 2.75) is 39.3 Å². The molecule has 1 saturated heterocycles. The largest absolute Gasteiger partial charge is 0.382 e. The van der Waals surface area contributed by atoms with Crippen molar-refractivity contribution < 1.29 is 14.3 Å². The van der Waals surface area contributed by atoms with Crippen LogP contribution < -0.4 is 0 Å². The number of aromatic nitrogens is 2. The highest BCUT2D eigenvalue weighted by atomic mass is 35.5. The molecule has 0 spiro atoms. The minimum absolute atomic E-state index is 0.0327. The Morgan fingerprint density at radius 2 is 1.91 bits per heavy atom. The molecule has 4 rings (SSSR count). The van der Waals surface area contributed by atoms with Crippen molar-refractivity contribution in [3.8, 4) is 0 Å². The fraction of sp³-hybridized carbons (Fsp3) is 0.400. The molecular formula is C25H28ClN3O3. The fourth-order valence-electron chi connectivity index (χ4n) is 4.15. The van der Waals surface area contributed by atoms with Crippen LogP contribution in [0.4, 0.5) is 0 Å². The number of hydrogen-bond acceptors (Lipinski definition) is 4. The van der Waals surface area contributed by atoms with Crippen molar-refractivity contribution in [1.29, 1.82) is 0 Å². The van der Waals surface area contributed by atoms with Crippen molar-refractivity contribution >= 4 is 34.2 Å². The first-order valence-corrected chi connectivity index (χ1v) is 11.3. The first-order valence-electron chi connectivity index (χ1n) is 10.9. The molecule has 0 aliphatic carbocycles. The molecular weight excluding hydrogens is 426 g/mol. The SMILES string of the molecule is COC(C)CCC(=O)c1ccc2nn(CC3CN(C(=O)c4ccc(Cl)cc4)C3)cc2c1C. The van der Waals surface area contributed by atoms with Gasteiger partial charge in [0.2, 0.25) is 0 Å². The third kappa shape index (κ3) is 4.71. The number of nitrogens with zero attached hydrogens (tertiary/aromatic N) is 3. The highest BCUT2D eigenvalue weighted by Gasteiger charge is 2.31. The van der Waals surface area contributed by atoms with Crippen LogP contribution in [0, 0.1) is 12.8 Å². The van der Waals surface area contributed by atoms with Crippen LogP contribution in [0.5, 0.6) is 0 Å². The molecule has 1 aromatic heterocycles. The number of rotatable bonds is 8. The molecule has 1 amide bonds. The molecule has 1 fully saturated rings. The Labute approximate surface area is 193 Å². The molecule has 6 nitrogen and oxygen atoms in total. The minimum atomic E-state index is 0.0327. The summed E-state index contributed by atoms with van der Waals surface area (Å²) in [5.74, 6) is 0.527. The Balaban J connectivity index is 1.38. The van der Waals surface area contributed by atoms with E-state index in [0.717, 1.165) is 28.6 Å². The van der Waals surface area contributed by atoms with E-state index in [1.165, 1.54) is 0 Å². The second-order valence-corrected chi connectivity index (χ2v) is 9.05. The van der Waals surface area contributed by atoms with Crippen LogP contribution in [0.2, 0.25) is 5.02 Å². The topological polar surface area (TPSA) is 64.4 Å². The zero-order valence-electron chi connectivity index (χ0n) is 18.7. The summed E-state index contributed by atoms with van der Waals surface area (Å²) >= 11 is 5.90. The molecule has 0 radical (unpaired) electrons. The number of carbonyl (C=O) groups is 2. The number of hydrogen-bond donors (Lipinski definition) is 0. The van der Waals surface area contributed by atoms with Crippen molar-refractivity contribution in [3.05, 3.63) is 64.3 Å². The molecule has 1 atom stereocenters. The molecule has 1 unspecified atom stereocenters. The zero-order valence-corrected chi connectivity index (χ0v) is 19.4. The lowest BCUT2D eigenvalue weighted by Gasteiger charge is -2.39. The maximum atomic E-state index is 12.7. The van der Waals surface area contributed by atoms with Crippen LogP contribution >= 0.6 is 11.6 Å². The van der Waals surface area contributed by atoms with Gasteiger partial charge in [0.05, 0.1) is 11.6 Å². The highest BCUT2D eigenvalue weighted by molar-refractivity contribution is 6.30.